The van der Waals surface area contributed by atoms with Crippen molar-refractivity contribution in [2.45, 2.75) is 46.0 Å². The number of hydrogen-bond acceptors (Lipinski definition) is 2. The summed E-state index contributed by atoms with van der Waals surface area (Å²) < 4.78 is 6.24. The minimum atomic E-state index is 0.441. The van der Waals surface area contributed by atoms with E-state index in [9.17, 15) is 0 Å². The van der Waals surface area contributed by atoms with Crippen molar-refractivity contribution in [3.8, 4) is 33.4 Å². The number of rotatable bonds is 5. The molecule has 2 heteroatoms. The molecule has 43 heavy (non-hydrogen) atoms. The zero-order valence-corrected chi connectivity index (χ0v) is 25.3. The Balaban J connectivity index is 0.000000153. The molecule has 214 valence electrons. The van der Waals surface area contributed by atoms with E-state index in [1.807, 2.05) is 24.3 Å². The van der Waals surface area contributed by atoms with Gasteiger partial charge in [0, 0.05) is 28.1 Å². The van der Waals surface area contributed by atoms with Gasteiger partial charge in [0.15, 0.2) is 0 Å². The van der Waals surface area contributed by atoms with Crippen LogP contribution in [0.2, 0.25) is 0 Å². The highest BCUT2D eigenvalue weighted by atomic mass is 16.3. The fraction of sp³-hybridized carbons (Fsp3) is 0.171. The maximum atomic E-state index is 6.24. The first kappa shape index (κ1) is 28.3. The molecule has 6 aromatic rings. The van der Waals surface area contributed by atoms with Crippen molar-refractivity contribution >= 4 is 22.7 Å². The summed E-state index contributed by atoms with van der Waals surface area (Å²) in [6.07, 6.45) is 7.77. The molecule has 0 spiro atoms. The van der Waals surface area contributed by atoms with Crippen LogP contribution in [0.25, 0.3) is 50.4 Å². The summed E-state index contributed by atoms with van der Waals surface area (Å²) in [5.41, 5.74) is 19.2. The summed E-state index contributed by atoms with van der Waals surface area (Å²) in [6, 6.07) is 40.4. The lowest BCUT2D eigenvalue weighted by Crippen LogP contribution is -1.95. The van der Waals surface area contributed by atoms with Crippen LogP contribution in [-0.2, 0) is 6.42 Å². The lowest BCUT2D eigenvalue weighted by atomic mass is 9.90. The molecule has 0 saturated heterocycles. The number of hydrogen-bond donors (Lipinski definition) is 1. The summed E-state index contributed by atoms with van der Waals surface area (Å²) >= 11 is 0. The molecule has 2 N–H and O–H groups in total. The first-order valence-electron chi connectivity index (χ1n) is 15.4. The standard InChI is InChI=1S/C22H22.C19H17NO/c1-3-10-18-13-7-8-14-22(18)21-16-9-15-20(17(21)2)19-11-5-4-6-12-19;1-12-4-2-6-16-17-7-3-5-15(19(17)21-18(12)16)13-8-10-14(20)11-9-13/h4-9,11-16H,3,10H2,1-2H3;2-3,5-12H,4,20H2,1H3. The summed E-state index contributed by atoms with van der Waals surface area (Å²) in [7, 11) is 0. The number of nitrogens with two attached hydrogens (primary N) is 1. The Morgan fingerprint density at radius 3 is 2.14 bits per heavy atom. The smallest absolute Gasteiger partial charge is 0.142 e. The summed E-state index contributed by atoms with van der Waals surface area (Å²) in [6.45, 7) is 6.69. The highest BCUT2D eigenvalue weighted by Gasteiger charge is 2.21. The van der Waals surface area contributed by atoms with Crippen LogP contribution in [0.5, 0.6) is 0 Å². The van der Waals surface area contributed by atoms with E-state index in [1.54, 1.807) is 0 Å². The van der Waals surface area contributed by atoms with E-state index in [0.29, 0.717) is 5.92 Å². The third-order valence-electron chi connectivity index (χ3n) is 8.47. The number of anilines is 1. The first-order chi connectivity index (χ1) is 21.0. The molecule has 5 aromatic carbocycles. The van der Waals surface area contributed by atoms with Crippen molar-refractivity contribution in [2.24, 2.45) is 0 Å². The minimum Gasteiger partial charge on any atom is -0.459 e. The average Bonchev–Trinajstić information content (AvgIpc) is 3.43. The Bertz CT molecular complexity index is 1880. The van der Waals surface area contributed by atoms with E-state index >= 15 is 0 Å². The second-order valence-corrected chi connectivity index (χ2v) is 11.5. The highest BCUT2D eigenvalue weighted by Crippen LogP contribution is 2.40. The van der Waals surface area contributed by atoms with Gasteiger partial charge in [-0.05, 0) is 70.8 Å². The average molecular weight is 562 g/mol. The van der Waals surface area contributed by atoms with Crippen molar-refractivity contribution in [1.82, 2.24) is 0 Å². The SMILES string of the molecule is CC1CC=Cc2c1oc1c(-c3ccc(N)cc3)cccc21.CCCc1ccccc1-c1cccc(-c2ccccc2)c1C. The van der Waals surface area contributed by atoms with Crippen molar-refractivity contribution < 1.29 is 4.42 Å². The van der Waals surface area contributed by atoms with Crippen LogP contribution in [-0.4, -0.2) is 0 Å². The van der Waals surface area contributed by atoms with E-state index in [-0.39, 0.29) is 0 Å². The molecule has 0 saturated carbocycles. The van der Waals surface area contributed by atoms with Gasteiger partial charge in [0.05, 0.1) is 0 Å². The Morgan fingerprint density at radius 2 is 1.35 bits per heavy atom. The monoisotopic (exact) mass is 561 g/mol. The van der Waals surface area contributed by atoms with Gasteiger partial charge in [0.2, 0.25) is 0 Å². The molecule has 1 aromatic heterocycles. The van der Waals surface area contributed by atoms with E-state index in [0.717, 1.165) is 41.0 Å². The van der Waals surface area contributed by atoms with Gasteiger partial charge in [-0.1, -0.05) is 136 Å². The highest BCUT2D eigenvalue weighted by molar-refractivity contribution is 5.98. The molecule has 7 rings (SSSR count). The lowest BCUT2D eigenvalue weighted by Gasteiger charge is -2.15. The van der Waals surface area contributed by atoms with Gasteiger partial charge in [-0.25, -0.2) is 0 Å². The van der Waals surface area contributed by atoms with Crippen LogP contribution in [0.4, 0.5) is 5.69 Å². The zero-order valence-electron chi connectivity index (χ0n) is 25.3. The van der Waals surface area contributed by atoms with E-state index in [1.165, 1.54) is 50.8 Å². The van der Waals surface area contributed by atoms with E-state index in [4.69, 9.17) is 10.2 Å². The predicted molar refractivity (Wildman–Crippen MR) is 184 cm³/mol. The maximum absolute atomic E-state index is 6.24. The Hall–Kier alpha value is -4.82. The second-order valence-electron chi connectivity index (χ2n) is 11.5. The van der Waals surface area contributed by atoms with Crippen LogP contribution < -0.4 is 5.73 Å². The van der Waals surface area contributed by atoms with E-state index < -0.39 is 0 Å². The molecule has 0 aliphatic heterocycles. The van der Waals surface area contributed by atoms with Crippen molar-refractivity contribution in [1.29, 1.82) is 0 Å². The number of benzene rings is 5. The number of aryl methyl sites for hydroxylation is 1. The normalized spacial score (nSPS) is 13.8. The van der Waals surface area contributed by atoms with Crippen LogP contribution in [0.15, 0.2) is 126 Å². The predicted octanol–water partition coefficient (Wildman–Crippen LogP) is 11.5. The Labute approximate surface area is 255 Å². The molecule has 1 atom stereocenters. The van der Waals surface area contributed by atoms with Gasteiger partial charge < -0.3 is 10.2 Å². The van der Waals surface area contributed by atoms with Crippen LogP contribution >= 0.6 is 0 Å². The van der Waals surface area contributed by atoms with E-state index in [2.05, 4.69) is 124 Å². The number of para-hydroxylation sites is 1. The summed E-state index contributed by atoms with van der Waals surface area (Å²) in [5.74, 6) is 1.55. The first-order valence-corrected chi connectivity index (χ1v) is 15.4. The minimum absolute atomic E-state index is 0.441. The molecular formula is C41H39NO. The van der Waals surface area contributed by atoms with Gasteiger partial charge in [0.1, 0.15) is 11.3 Å². The van der Waals surface area contributed by atoms with Crippen LogP contribution in [0.1, 0.15) is 55.1 Å². The summed E-state index contributed by atoms with van der Waals surface area (Å²) in [5, 5.41) is 1.20. The third-order valence-corrected chi connectivity index (χ3v) is 8.47. The maximum Gasteiger partial charge on any atom is 0.142 e. The molecule has 1 aliphatic rings. The Morgan fingerprint density at radius 1 is 0.698 bits per heavy atom. The quantitative estimate of drug-likeness (QED) is 0.213. The molecule has 0 bridgehead atoms. The summed E-state index contributed by atoms with van der Waals surface area (Å²) in [4.78, 5) is 0. The number of furan rings is 1. The van der Waals surface area contributed by atoms with Gasteiger partial charge in [-0.15, -0.1) is 0 Å². The fourth-order valence-electron chi connectivity index (χ4n) is 6.21. The number of nitrogen functional groups attached to an aromatic ring is 1. The molecule has 1 aliphatic carbocycles. The molecule has 0 radical (unpaired) electrons. The largest absolute Gasteiger partial charge is 0.459 e. The number of allylic oxidation sites excluding steroid dienone is 1. The topological polar surface area (TPSA) is 39.2 Å². The lowest BCUT2D eigenvalue weighted by molar-refractivity contribution is 0.504. The van der Waals surface area contributed by atoms with Crippen LogP contribution in [0, 0.1) is 6.92 Å². The van der Waals surface area contributed by atoms with Gasteiger partial charge in [-0.3, -0.25) is 0 Å². The molecular weight excluding hydrogens is 522 g/mol. The number of fused-ring (bicyclic) bond motifs is 3. The van der Waals surface area contributed by atoms with Crippen molar-refractivity contribution in [2.75, 3.05) is 5.73 Å². The second kappa shape index (κ2) is 12.6. The molecule has 1 unspecified atom stereocenters. The fourth-order valence-corrected chi connectivity index (χ4v) is 6.21. The molecule has 0 amide bonds. The van der Waals surface area contributed by atoms with Crippen molar-refractivity contribution in [3.63, 3.8) is 0 Å². The van der Waals surface area contributed by atoms with Gasteiger partial charge in [0.25, 0.3) is 0 Å². The zero-order chi connectivity index (χ0) is 29.8. The molecule has 0 fully saturated rings. The van der Waals surface area contributed by atoms with Gasteiger partial charge >= 0.3 is 0 Å². The Kier molecular flexibility index (Phi) is 8.29. The third kappa shape index (κ3) is 5.79. The molecule has 2 nitrogen and oxygen atoms in total. The van der Waals surface area contributed by atoms with Crippen LogP contribution in [0.3, 0.4) is 0 Å². The van der Waals surface area contributed by atoms with Crippen molar-refractivity contribution in [3.05, 3.63) is 144 Å². The van der Waals surface area contributed by atoms with Gasteiger partial charge in [-0.2, -0.15) is 0 Å². The molecule has 1 heterocycles.